The van der Waals surface area contributed by atoms with Gasteiger partial charge in [-0.05, 0) is 51.0 Å². The zero-order chi connectivity index (χ0) is 15.7. The van der Waals surface area contributed by atoms with Crippen molar-refractivity contribution in [3.05, 3.63) is 24.3 Å². The lowest BCUT2D eigenvalue weighted by atomic mass is 10.3. The molecule has 6 heteroatoms. The summed E-state index contributed by atoms with van der Waals surface area (Å²) < 4.78 is 31.9. The summed E-state index contributed by atoms with van der Waals surface area (Å²) in [5.74, 6) is 0. The van der Waals surface area contributed by atoms with E-state index >= 15 is 0 Å². The predicted octanol–water partition coefficient (Wildman–Crippen LogP) is 2.60. The van der Waals surface area contributed by atoms with E-state index in [1.165, 1.54) is 0 Å². The number of nitrogens with one attached hydrogen (secondary N) is 2. The maximum Gasteiger partial charge on any atom is 0.240 e. The van der Waals surface area contributed by atoms with Crippen molar-refractivity contribution in [1.82, 2.24) is 4.72 Å². The molecule has 0 unspecified atom stereocenters. The molecule has 0 aromatic heterocycles. The molecule has 0 bridgehead atoms. The van der Waals surface area contributed by atoms with Gasteiger partial charge < -0.3 is 10.1 Å². The Morgan fingerprint density at radius 1 is 1.14 bits per heavy atom. The molecule has 5 nitrogen and oxygen atoms in total. The van der Waals surface area contributed by atoms with Crippen molar-refractivity contribution in [1.29, 1.82) is 0 Å². The van der Waals surface area contributed by atoms with Crippen LogP contribution in [0.3, 0.4) is 0 Å². The van der Waals surface area contributed by atoms with Crippen LogP contribution in [0.5, 0.6) is 0 Å². The van der Waals surface area contributed by atoms with Crippen LogP contribution >= 0.6 is 0 Å². The highest BCUT2D eigenvalue weighted by atomic mass is 32.2. The smallest absolute Gasteiger partial charge is 0.240 e. The van der Waals surface area contributed by atoms with E-state index in [-0.39, 0.29) is 10.9 Å². The number of anilines is 1. The number of hydrogen-bond acceptors (Lipinski definition) is 4. The van der Waals surface area contributed by atoms with E-state index in [1.54, 1.807) is 38.1 Å². The third kappa shape index (κ3) is 6.93. The Morgan fingerprint density at radius 2 is 1.81 bits per heavy atom. The molecule has 21 heavy (non-hydrogen) atoms. The van der Waals surface area contributed by atoms with Gasteiger partial charge in [-0.2, -0.15) is 0 Å². The molecular formula is C15H26N2O3S. The molecule has 0 aliphatic rings. The maximum absolute atomic E-state index is 12.0. The highest BCUT2D eigenvalue weighted by Crippen LogP contribution is 2.14. The maximum atomic E-state index is 12.0. The van der Waals surface area contributed by atoms with Crippen LogP contribution in [0.4, 0.5) is 5.69 Å². The van der Waals surface area contributed by atoms with E-state index < -0.39 is 10.0 Å². The lowest BCUT2D eigenvalue weighted by molar-refractivity contribution is 0.134. The van der Waals surface area contributed by atoms with Crippen LogP contribution < -0.4 is 10.0 Å². The summed E-state index contributed by atoms with van der Waals surface area (Å²) in [5.41, 5.74) is 0.911. The lowest BCUT2D eigenvalue weighted by Gasteiger charge is -2.11. The highest BCUT2D eigenvalue weighted by molar-refractivity contribution is 7.89. The van der Waals surface area contributed by atoms with Crippen LogP contribution in [0, 0.1) is 0 Å². The molecule has 2 N–H and O–H groups in total. The van der Waals surface area contributed by atoms with Gasteiger partial charge in [0.25, 0.3) is 0 Å². The largest absolute Gasteiger partial charge is 0.385 e. The fourth-order valence-corrected chi connectivity index (χ4v) is 3.03. The minimum atomic E-state index is -3.41. The average Bonchev–Trinajstić information content (AvgIpc) is 2.42. The van der Waals surface area contributed by atoms with E-state index in [2.05, 4.69) is 17.0 Å². The standard InChI is InChI=1S/C15H26N2O3S/c1-4-11-20-12-5-10-16-14-6-8-15(9-7-14)21(18,19)17-13(2)3/h6-9,13,16-17H,4-5,10-12H2,1-3H3. The molecule has 0 heterocycles. The van der Waals surface area contributed by atoms with Crippen LogP contribution in [0.15, 0.2) is 29.2 Å². The molecule has 0 aliphatic heterocycles. The Hall–Kier alpha value is -1.11. The Bertz CT molecular complexity index is 498. The minimum Gasteiger partial charge on any atom is -0.385 e. The van der Waals surface area contributed by atoms with Crippen LogP contribution in [-0.4, -0.2) is 34.2 Å². The zero-order valence-corrected chi connectivity index (χ0v) is 13.9. The van der Waals surface area contributed by atoms with Gasteiger partial charge in [-0.1, -0.05) is 6.92 Å². The molecule has 0 aliphatic carbocycles. The van der Waals surface area contributed by atoms with Crippen molar-refractivity contribution in [2.24, 2.45) is 0 Å². The molecule has 0 fully saturated rings. The molecule has 0 saturated heterocycles. The van der Waals surface area contributed by atoms with E-state index in [1.807, 2.05) is 0 Å². The third-order valence-electron chi connectivity index (χ3n) is 2.70. The van der Waals surface area contributed by atoms with Gasteiger partial charge in [-0.3, -0.25) is 0 Å². The van der Waals surface area contributed by atoms with Crippen molar-refractivity contribution in [3.8, 4) is 0 Å². The quantitative estimate of drug-likeness (QED) is 0.651. The second-order valence-corrected chi connectivity index (χ2v) is 6.91. The number of ether oxygens (including phenoxy) is 1. The first-order valence-corrected chi connectivity index (χ1v) is 8.88. The first-order chi connectivity index (χ1) is 9.95. The van der Waals surface area contributed by atoms with Gasteiger partial charge in [0, 0.05) is 31.5 Å². The van der Waals surface area contributed by atoms with Gasteiger partial charge in [-0.15, -0.1) is 0 Å². The second kappa shape index (κ2) is 9.02. The van der Waals surface area contributed by atoms with Crippen molar-refractivity contribution in [2.75, 3.05) is 25.1 Å². The lowest BCUT2D eigenvalue weighted by Crippen LogP contribution is -2.30. The van der Waals surface area contributed by atoms with Crippen LogP contribution in [0.25, 0.3) is 0 Å². The first-order valence-electron chi connectivity index (χ1n) is 7.39. The van der Waals surface area contributed by atoms with E-state index in [0.717, 1.165) is 38.3 Å². The molecular weight excluding hydrogens is 288 g/mol. The van der Waals surface area contributed by atoms with Crippen LogP contribution in [0.2, 0.25) is 0 Å². The summed E-state index contributed by atoms with van der Waals surface area (Å²) in [6, 6.07) is 6.67. The molecule has 0 saturated carbocycles. The first kappa shape index (κ1) is 17.9. The zero-order valence-electron chi connectivity index (χ0n) is 13.1. The molecule has 1 rings (SSSR count). The van der Waals surface area contributed by atoms with Crippen LogP contribution in [-0.2, 0) is 14.8 Å². The summed E-state index contributed by atoms with van der Waals surface area (Å²) in [6.45, 7) is 8.03. The number of hydrogen-bond donors (Lipinski definition) is 2. The molecule has 1 aromatic rings. The molecule has 1 aromatic carbocycles. The predicted molar refractivity (Wildman–Crippen MR) is 86.1 cm³/mol. The van der Waals surface area contributed by atoms with Gasteiger partial charge >= 0.3 is 0 Å². The monoisotopic (exact) mass is 314 g/mol. The Kier molecular flexibility index (Phi) is 7.71. The number of rotatable bonds is 10. The van der Waals surface area contributed by atoms with E-state index in [0.29, 0.717) is 0 Å². The van der Waals surface area contributed by atoms with Crippen molar-refractivity contribution in [2.45, 2.75) is 44.6 Å². The SMILES string of the molecule is CCCOCCCNc1ccc(S(=O)(=O)NC(C)C)cc1. The summed E-state index contributed by atoms with van der Waals surface area (Å²) in [5, 5.41) is 3.25. The molecule has 0 radical (unpaired) electrons. The summed E-state index contributed by atoms with van der Waals surface area (Å²) >= 11 is 0. The second-order valence-electron chi connectivity index (χ2n) is 5.19. The third-order valence-corrected chi connectivity index (χ3v) is 4.37. The molecule has 120 valence electrons. The van der Waals surface area contributed by atoms with Crippen molar-refractivity contribution in [3.63, 3.8) is 0 Å². The topological polar surface area (TPSA) is 67.4 Å². The highest BCUT2D eigenvalue weighted by Gasteiger charge is 2.14. The van der Waals surface area contributed by atoms with Crippen molar-refractivity contribution < 1.29 is 13.2 Å². The van der Waals surface area contributed by atoms with Gasteiger partial charge in [0.2, 0.25) is 10.0 Å². The summed E-state index contributed by atoms with van der Waals surface area (Å²) in [7, 11) is -3.41. The fraction of sp³-hybridized carbons (Fsp3) is 0.600. The summed E-state index contributed by atoms with van der Waals surface area (Å²) in [6.07, 6.45) is 1.96. The number of benzene rings is 1. The Morgan fingerprint density at radius 3 is 2.38 bits per heavy atom. The van der Waals surface area contributed by atoms with Crippen molar-refractivity contribution >= 4 is 15.7 Å². The fourth-order valence-electron chi connectivity index (χ4n) is 1.78. The Balaban J connectivity index is 2.44. The average molecular weight is 314 g/mol. The summed E-state index contributed by atoms with van der Waals surface area (Å²) in [4.78, 5) is 0.285. The normalized spacial score (nSPS) is 11.8. The van der Waals surface area contributed by atoms with E-state index in [4.69, 9.17) is 4.74 Å². The van der Waals surface area contributed by atoms with Crippen LogP contribution in [0.1, 0.15) is 33.6 Å². The Labute approximate surface area is 128 Å². The molecule has 0 spiro atoms. The van der Waals surface area contributed by atoms with Gasteiger partial charge in [0.05, 0.1) is 4.90 Å². The molecule has 0 atom stereocenters. The number of sulfonamides is 1. The van der Waals surface area contributed by atoms with Gasteiger partial charge in [-0.25, -0.2) is 13.1 Å². The van der Waals surface area contributed by atoms with Gasteiger partial charge in [0.15, 0.2) is 0 Å². The minimum absolute atomic E-state index is 0.115. The van der Waals surface area contributed by atoms with Gasteiger partial charge in [0.1, 0.15) is 0 Å². The van der Waals surface area contributed by atoms with E-state index in [9.17, 15) is 8.42 Å². The molecule has 0 amide bonds.